The third-order valence-electron chi connectivity index (χ3n) is 1.69. The second-order valence-corrected chi connectivity index (χ2v) is 3.10. The Morgan fingerprint density at radius 3 is 3.07 bits per heavy atom. The molecule has 5 heteroatoms. The van der Waals surface area contributed by atoms with Crippen LogP contribution in [0.2, 0.25) is 5.15 Å². The fourth-order valence-corrected chi connectivity index (χ4v) is 1.16. The standard InChI is InChI=1S/C9H8ClN3O/c10-8-3-9(13-6-12-8)11-4-7-1-2-14-5-7/h1-3,5-6H,4H2,(H,11,12,13). The van der Waals surface area contributed by atoms with Gasteiger partial charge in [0.1, 0.15) is 17.3 Å². The average molecular weight is 210 g/mol. The van der Waals surface area contributed by atoms with Gasteiger partial charge in [0.05, 0.1) is 12.5 Å². The van der Waals surface area contributed by atoms with E-state index in [0.29, 0.717) is 17.5 Å². The molecule has 0 bridgehead atoms. The Morgan fingerprint density at radius 1 is 1.43 bits per heavy atom. The minimum Gasteiger partial charge on any atom is -0.472 e. The molecule has 0 aliphatic heterocycles. The lowest BCUT2D eigenvalue weighted by atomic mass is 10.3. The van der Waals surface area contributed by atoms with Crippen molar-refractivity contribution in [3.05, 3.63) is 41.7 Å². The number of halogens is 1. The molecule has 14 heavy (non-hydrogen) atoms. The predicted octanol–water partition coefficient (Wildman–Crippen LogP) is 2.34. The van der Waals surface area contributed by atoms with Crippen molar-refractivity contribution in [2.24, 2.45) is 0 Å². The molecule has 0 atom stereocenters. The first-order valence-corrected chi connectivity index (χ1v) is 4.45. The largest absolute Gasteiger partial charge is 0.472 e. The number of furan rings is 1. The predicted molar refractivity (Wildman–Crippen MR) is 53.1 cm³/mol. The molecule has 0 saturated heterocycles. The minimum atomic E-state index is 0.426. The normalized spacial score (nSPS) is 10.1. The molecule has 0 amide bonds. The molecule has 0 aliphatic carbocycles. The second-order valence-electron chi connectivity index (χ2n) is 2.71. The summed E-state index contributed by atoms with van der Waals surface area (Å²) in [6.07, 6.45) is 4.72. The van der Waals surface area contributed by atoms with Crippen molar-refractivity contribution in [3.63, 3.8) is 0 Å². The van der Waals surface area contributed by atoms with E-state index in [2.05, 4.69) is 15.3 Å². The van der Waals surface area contributed by atoms with E-state index in [1.165, 1.54) is 6.33 Å². The zero-order valence-electron chi connectivity index (χ0n) is 7.27. The Labute approximate surface area is 85.9 Å². The fourth-order valence-electron chi connectivity index (χ4n) is 1.02. The van der Waals surface area contributed by atoms with Crippen LogP contribution < -0.4 is 5.32 Å². The lowest BCUT2D eigenvalue weighted by Gasteiger charge is -2.02. The molecule has 0 spiro atoms. The second kappa shape index (κ2) is 4.11. The summed E-state index contributed by atoms with van der Waals surface area (Å²) in [7, 11) is 0. The molecule has 2 aromatic heterocycles. The third-order valence-corrected chi connectivity index (χ3v) is 1.89. The average Bonchev–Trinajstić information content (AvgIpc) is 2.67. The SMILES string of the molecule is Clc1cc(NCc2ccoc2)ncn1. The van der Waals surface area contributed by atoms with Crippen LogP contribution in [0.4, 0.5) is 5.82 Å². The van der Waals surface area contributed by atoms with Crippen LogP contribution in [0.5, 0.6) is 0 Å². The molecule has 1 N–H and O–H groups in total. The van der Waals surface area contributed by atoms with Gasteiger partial charge in [-0.2, -0.15) is 0 Å². The Morgan fingerprint density at radius 2 is 2.36 bits per heavy atom. The first-order chi connectivity index (χ1) is 6.84. The summed E-state index contributed by atoms with van der Waals surface area (Å²) in [6, 6.07) is 3.55. The van der Waals surface area contributed by atoms with E-state index in [9.17, 15) is 0 Å². The van der Waals surface area contributed by atoms with Gasteiger partial charge in [0.15, 0.2) is 0 Å². The molecule has 0 aromatic carbocycles. The maximum Gasteiger partial charge on any atom is 0.134 e. The van der Waals surface area contributed by atoms with E-state index in [1.54, 1.807) is 18.6 Å². The highest BCUT2D eigenvalue weighted by Gasteiger charge is 1.97. The third kappa shape index (κ3) is 2.23. The van der Waals surface area contributed by atoms with E-state index in [4.69, 9.17) is 16.0 Å². The van der Waals surface area contributed by atoms with Gasteiger partial charge in [-0.1, -0.05) is 11.6 Å². The highest BCUT2D eigenvalue weighted by molar-refractivity contribution is 6.29. The molecule has 2 heterocycles. The summed E-state index contributed by atoms with van der Waals surface area (Å²) in [5.41, 5.74) is 1.06. The van der Waals surface area contributed by atoms with E-state index >= 15 is 0 Å². The highest BCUT2D eigenvalue weighted by atomic mass is 35.5. The number of nitrogens with one attached hydrogen (secondary N) is 1. The lowest BCUT2D eigenvalue weighted by molar-refractivity contribution is 0.564. The van der Waals surface area contributed by atoms with Gasteiger partial charge in [0.2, 0.25) is 0 Å². The van der Waals surface area contributed by atoms with E-state index in [1.807, 2.05) is 6.07 Å². The zero-order chi connectivity index (χ0) is 9.80. The van der Waals surface area contributed by atoms with Gasteiger partial charge in [-0.3, -0.25) is 0 Å². The summed E-state index contributed by atoms with van der Waals surface area (Å²) in [5, 5.41) is 3.52. The minimum absolute atomic E-state index is 0.426. The van der Waals surface area contributed by atoms with Crippen LogP contribution in [-0.2, 0) is 6.54 Å². The Bertz CT molecular complexity index is 402. The van der Waals surface area contributed by atoms with Crippen molar-refractivity contribution in [2.45, 2.75) is 6.54 Å². The van der Waals surface area contributed by atoms with E-state index in [0.717, 1.165) is 5.56 Å². The topological polar surface area (TPSA) is 51.0 Å². The molecule has 0 aliphatic rings. The maximum absolute atomic E-state index is 5.70. The Kier molecular flexibility index (Phi) is 2.65. The molecule has 0 saturated carbocycles. The van der Waals surface area contributed by atoms with Gasteiger partial charge in [-0.05, 0) is 6.07 Å². The Balaban J connectivity index is 1.98. The fraction of sp³-hybridized carbons (Fsp3) is 0.111. The quantitative estimate of drug-likeness (QED) is 0.789. The number of aromatic nitrogens is 2. The number of hydrogen-bond acceptors (Lipinski definition) is 4. The smallest absolute Gasteiger partial charge is 0.134 e. The summed E-state index contributed by atoms with van der Waals surface area (Å²) < 4.78 is 4.93. The van der Waals surface area contributed by atoms with Crippen molar-refractivity contribution in [1.29, 1.82) is 0 Å². The first-order valence-electron chi connectivity index (χ1n) is 4.07. The number of anilines is 1. The van der Waals surface area contributed by atoms with Gasteiger partial charge in [0, 0.05) is 18.2 Å². The lowest BCUT2D eigenvalue weighted by Crippen LogP contribution is -2.00. The summed E-state index contributed by atoms with van der Waals surface area (Å²) >= 11 is 5.70. The van der Waals surface area contributed by atoms with Crippen LogP contribution in [0.3, 0.4) is 0 Å². The number of rotatable bonds is 3. The number of hydrogen-bond donors (Lipinski definition) is 1. The summed E-state index contributed by atoms with van der Waals surface area (Å²) in [4.78, 5) is 7.78. The van der Waals surface area contributed by atoms with Crippen molar-refractivity contribution in [3.8, 4) is 0 Å². The van der Waals surface area contributed by atoms with Gasteiger partial charge in [-0.15, -0.1) is 0 Å². The molecule has 0 radical (unpaired) electrons. The van der Waals surface area contributed by atoms with E-state index in [-0.39, 0.29) is 0 Å². The molecule has 0 fully saturated rings. The zero-order valence-corrected chi connectivity index (χ0v) is 8.03. The van der Waals surface area contributed by atoms with Crippen LogP contribution >= 0.6 is 11.6 Å². The van der Waals surface area contributed by atoms with Crippen LogP contribution in [0, 0.1) is 0 Å². The summed E-state index contributed by atoms with van der Waals surface area (Å²) in [6.45, 7) is 0.657. The maximum atomic E-state index is 5.70. The van der Waals surface area contributed by atoms with Crippen LogP contribution in [0.25, 0.3) is 0 Å². The summed E-state index contributed by atoms with van der Waals surface area (Å²) in [5.74, 6) is 0.700. The first kappa shape index (κ1) is 9.02. The number of nitrogens with zero attached hydrogens (tertiary/aromatic N) is 2. The highest BCUT2D eigenvalue weighted by Crippen LogP contribution is 2.10. The molecular formula is C9H8ClN3O. The van der Waals surface area contributed by atoms with Crippen molar-refractivity contribution >= 4 is 17.4 Å². The van der Waals surface area contributed by atoms with E-state index < -0.39 is 0 Å². The van der Waals surface area contributed by atoms with Gasteiger partial charge < -0.3 is 9.73 Å². The van der Waals surface area contributed by atoms with Gasteiger partial charge in [-0.25, -0.2) is 9.97 Å². The molecular weight excluding hydrogens is 202 g/mol. The van der Waals surface area contributed by atoms with Crippen molar-refractivity contribution < 1.29 is 4.42 Å². The van der Waals surface area contributed by atoms with Crippen LogP contribution in [0.1, 0.15) is 5.56 Å². The van der Waals surface area contributed by atoms with Crippen LogP contribution in [-0.4, -0.2) is 9.97 Å². The monoisotopic (exact) mass is 209 g/mol. The van der Waals surface area contributed by atoms with Gasteiger partial charge in [0.25, 0.3) is 0 Å². The van der Waals surface area contributed by atoms with Crippen molar-refractivity contribution in [1.82, 2.24) is 9.97 Å². The Hall–Kier alpha value is -1.55. The molecule has 0 unspecified atom stereocenters. The van der Waals surface area contributed by atoms with Crippen LogP contribution in [0.15, 0.2) is 35.4 Å². The molecule has 72 valence electrons. The van der Waals surface area contributed by atoms with Gasteiger partial charge >= 0.3 is 0 Å². The molecule has 4 nitrogen and oxygen atoms in total. The van der Waals surface area contributed by atoms with Crippen molar-refractivity contribution in [2.75, 3.05) is 5.32 Å². The molecule has 2 rings (SSSR count). The molecule has 2 aromatic rings.